The maximum atomic E-state index is 4.05. The molecule has 3 atom stereocenters. The first-order valence-corrected chi connectivity index (χ1v) is 8.49. The number of H-pyrrole nitrogens is 1. The molecule has 0 spiro atoms. The number of nitrogens with one attached hydrogen (secondary N) is 1. The Bertz CT molecular complexity index is 622. The van der Waals surface area contributed by atoms with Crippen molar-refractivity contribution in [3.05, 3.63) is 48.2 Å². The third-order valence-corrected chi connectivity index (χ3v) is 5.34. The molecule has 0 fully saturated rings. The Morgan fingerprint density at radius 2 is 2.24 bits per heavy atom. The van der Waals surface area contributed by atoms with Gasteiger partial charge >= 0.3 is 0 Å². The van der Waals surface area contributed by atoms with Gasteiger partial charge in [0.2, 0.25) is 0 Å². The molecule has 1 aliphatic carbocycles. The van der Waals surface area contributed by atoms with Crippen molar-refractivity contribution >= 4 is 10.9 Å². The van der Waals surface area contributed by atoms with Crippen molar-refractivity contribution in [2.75, 3.05) is 0 Å². The van der Waals surface area contributed by atoms with E-state index in [1.807, 2.05) is 0 Å². The van der Waals surface area contributed by atoms with E-state index in [0.29, 0.717) is 11.8 Å². The zero-order chi connectivity index (χ0) is 14.8. The summed E-state index contributed by atoms with van der Waals surface area (Å²) in [6.45, 7) is 8.64. The zero-order valence-electron chi connectivity index (χ0n) is 13.4. The summed E-state index contributed by atoms with van der Waals surface area (Å²) < 4.78 is 0. The van der Waals surface area contributed by atoms with Gasteiger partial charge in [-0.15, -0.1) is 6.58 Å². The van der Waals surface area contributed by atoms with Crippen LogP contribution in [0.5, 0.6) is 0 Å². The summed E-state index contributed by atoms with van der Waals surface area (Å²) in [5, 5.41) is 1.51. The first-order chi connectivity index (χ1) is 10.3. The molecule has 1 heterocycles. The molecule has 0 saturated heterocycles. The van der Waals surface area contributed by atoms with Crippen LogP contribution in [0.4, 0.5) is 0 Å². The molecule has 112 valence electrons. The van der Waals surface area contributed by atoms with Crippen molar-refractivity contribution in [1.29, 1.82) is 0 Å². The summed E-state index contributed by atoms with van der Waals surface area (Å²) in [7, 11) is 0. The fraction of sp³-hybridized carbons (Fsp3) is 0.500. The van der Waals surface area contributed by atoms with Crippen molar-refractivity contribution in [2.45, 2.75) is 51.9 Å². The summed E-state index contributed by atoms with van der Waals surface area (Å²) >= 11 is 0. The van der Waals surface area contributed by atoms with Gasteiger partial charge in [-0.3, -0.25) is 0 Å². The molecule has 1 nitrogen and oxygen atoms in total. The highest BCUT2D eigenvalue weighted by molar-refractivity contribution is 5.88. The van der Waals surface area contributed by atoms with E-state index in [-0.39, 0.29) is 0 Å². The van der Waals surface area contributed by atoms with Crippen LogP contribution in [0, 0.1) is 11.8 Å². The highest BCUT2D eigenvalue weighted by atomic mass is 14.7. The minimum atomic E-state index is 0.644. The average molecular weight is 281 g/mol. The second-order valence-electron chi connectivity index (χ2n) is 6.58. The first-order valence-electron chi connectivity index (χ1n) is 8.49. The summed E-state index contributed by atoms with van der Waals surface area (Å²) in [6.07, 6.45) is 10.7. The SMILES string of the molecule is C=C[C@@H](CC)CC1c2cccc3[nH]cc(c23)C[C@H]1CCC. The standard InChI is InChI=1S/C20H27N/c1-4-8-15-12-16-13-21-19-10-7-9-17(20(16)19)18(15)11-14(5-2)6-3/h5,7,9-10,13-15,18,21H,2,4,6,8,11-12H2,1,3H3/t14-,15+,18?/m0/s1. The van der Waals surface area contributed by atoms with E-state index in [4.69, 9.17) is 0 Å². The minimum Gasteiger partial charge on any atom is -0.361 e. The van der Waals surface area contributed by atoms with Crippen LogP contribution in [0.25, 0.3) is 10.9 Å². The van der Waals surface area contributed by atoms with Gasteiger partial charge in [-0.25, -0.2) is 0 Å². The highest BCUT2D eigenvalue weighted by Crippen LogP contribution is 2.45. The van der Waals surface area contributed by atoms with Gasteiger partial charge in [0, 0.05) is 17.1 Å². The molecule has 21 heavy (non-hydrogen) atoms. The molecular formula is C20H27N. The topological polar surface area (TPSA) is 15.8 Å². The van der Waals surface area contributed by atoms with Crippen LogP contribution in [0.2, 0.25) is 0 Å². The van der Waals surface area contributed by atoms with E-state index in [2.05, 4.69) is 55.9 Å². The largest absolute Gasteiger partial charge is 0.361 e. The van der Waals surface area contributed by atoms with Crippen LogP contribution >= 0.6 is 0 Å². The highest BCUT2D eigenvalue weighted by Gasteiger charge is 2.31. The number of aromatic amines is 1. The summed E-state index contributed by atoms with van der Waals surface area (Å²) in [6, 6.07) is 6.79. The Hall–Kier alpha value is -1.50. The Morgan fingerprint density at radius 3 is 2.95 bits per heavy atom. The van der Waals surface area contributed by atoms with Crippen molar-refractivity contribution in [3.63, 3.8) is 0 Å². The zero-order valence-corrected chi connectivity index (χ0v) is 13.4. The van der Waals surface area contributed by atoms with E-state index >= 15 is 0 Å². The van der Waals surface area contributed by atoms with E-state index in [9.17, 15) is 0 Å². The monoisotopic (exact) mass is 281 g/mol. The van der Waals surface area contributed by atoms with E-state index in [1.165, 1.54) is 48.6 Å². The molecule has 1 aliphatic rings. The Balaban J connectivity index is 2.03. The molecule has 0 amide bonds. The predicted molar refractivity (Wildman–Crippen MR) is 91.7 cm³/mol. The van der Waals surface area contributed by atoms with Gasteiger partial charge in [-0.2, -0.15) is 0 Å². The Kier molecular flexibility index (Phi) is 4.19. The van der Waals surface area contributed by atoms with Crippen LogP contribution < -0.4 is 0 Å². The summed E-state index contributed by atoms with van der Waals surface area (Å²) in [5.74, 6) is 2.13. The third-order valence-electron chi connectivity index (χ3n) is 5.34. The van der Waals surface area contributed by atoms with Gasteiger partial charge in [-0.05, 0) is 60.6 Å². The van der Waals surface area contributed by atoms with Crippen molar-refractivity contribution in [2.24, 2.45) is 11.8 Å². The normalized spacial score (nSPS) is 22.4. The molecule has 1 aromatic carbocycles. The molecule has 0 bridgehead atoms. The Labute approximate surface area is 128 Å². The minimum absolute atomic E-state index is 0.644. The van der Waals surface area contributed by atoms with Crippen molar-refractivity contribution in [1.82, 2.24) is 4.98 Å². The predicted octanol–water partition coefficient (Wildman–Crippen LogP) is 5.83. The van der Waals surface area contributed by atoms with E-state index < -0.39 is 0 Å². The van der Waals surface area contributed by atoms with E-state index in [0.717, 1.165) is 5.92 Å². The van der Waals surface area contributed by atoms with Gasteiger partial charge in [0.1, 0.15) is 0 Å². The molecule has 3 rings (SSSR count). The van der Waals surface area contributed by atoms with Gasteiger partial charge in [0.25, 0.3) is 0 Å². The lowest BCUT2D eigenvalue weighted by Crippen LogP contribution is -2.22. The quantitative estimate of drug-likeness (QED) is 0.641. The van der Waals surface area contributed by atoms with Gasteiger partial charge in [0.05, 0.1) is 0 Å². The van der Waals surface area contributed by atoms with Gasteiger partial charge < -0.3 is 4.98 Å². The number of hydrogen-bond acceptors (Lipinski definition) is 0. The van der Waals surface area contributed by atoms with Crippen LogP contribution in [0.3, 0.4) is 0 Å². The number of allylic oxidation sites excluding steroid dienone is 1. The van der Waals surface area contributed by atoms with E-state index in [1.54, 1.807) is 5.56 Å². The first kappa shape index (κ1) is 14.4. The second kappa shape index (κ2) is 6.09. The molecule has 0 saturated carbocycles. The molecule has 1 heteroatoms. The summed E-state index contributed by atoms with van der Waals surface area (Å²) in [5.41, 5.74) is 4.42. The maximum Gasteiger partial charge on any atom is 0.0459 e. The van der Waals surface area contributed by atoms with Crippen LogP contribution in [-0.2, 0) is 6.42 Å². The van der Waals surface area contributed by atoms with Crippen molar-refractivity contribution < 1.29 is 0 Å². The summed E-state index contributed by atoms with van der Waals surface area (Å²) in [4.78, 5) is 3.46. The second-order valence-corrected chi connectivity index (χ2v) is 6.58. The molecule has 0 radical (unpaired) electrons. The van der Waals surface area contributed by atoms with Crippen LogP contribution in [0.1, 0.15) is 56.6 Å². The number of benzene rings is 1. The van der Waals surface area contributed by atoms with Gasteiger partial charge in [0.15, 0.2) is 0 Å². The average Bonchev–Trinajstić information content (AvgIpc) is 2.92. The fourth-order valence-electron chi connectivity index (χ4n) is 4.18. The molecule has 1 unspecified atom stereocenters. The molecular weight excluding hydrogens is 254 g/mol. The van der Waals surface area contributed by atoms with Crippen LogP contribution in [-0.4, -0.2) is 4.98 Å². The molecule has 2 aromatic rings. The lowest BCUT2D eigenvalue weighted by molar-refractivity contribution is 0.335. The number of aromatic nitrogens is 1. The Morgan fingerprint density at radius 1 is 1.38 bits per heavy atom. The smallest absolute Gasteiger partial charge is 0.0459 e. The molecule has 1 N–H and O–H groups in total. The number of hydrogen-bond donors (Lipinski definition) is 1. The maximum absolute atomic E-state index is 4.05. The van der Waals surface area contributed by atoms with Gasteiger partial charge in [-0.1, -0.05) is 38.5 Å². The van der Waals surface area contributed by atoms with Crippen molar-refractivity contribution in [3.8, 4) is 0 Å². The lowest BCUT2D eigenvalue weighted by Gasteiger charge is -2.34. The third kappa shape index (κ3) is 2.54. The molecule has 0 aliphatic heterocycles. The number of rotatable bonds is 6. The molecule has 1 aromatic heterocycles. The van der Waals surface area contributed by atoms with Crippen LogP contribution in [0.15, 0.2) is 37.1 Å². The fourth-order valence-corrected chi connectivity index (χ4v) is 4.18. The lowest BCUT2D eigenvalue weighted by atomic mass is 9.70.